The minimum Gasteiger partial charge on any atom is -0.237 e. The Hall–Kier alpha value is -2.60. The second-order valence-corrected chi connectivity index (χ2v) is 5.00. The van der Waals surface area contributed by atoms with E-state index in [1.165, 1.54) is 0 Å². The summed E-state index contributed by atoms with van der Waals surface area (Å²) in [5.74, 6) is 0. The van der Waals surface area contributed by atoms with Crippen molar-refractivity contribution >= 4 is 0 Å². The van der Waals surface area contributed by atoms with Crippen molar-refractivity contribution in [1.82, 2.24) is 9.13 Å². The van der Waals surface area contributed by atoms with Gasteiger partial charge in [0.05, 0.1) is 25.2 Å². The minimum absolute atomic E-state index is 0.596. The standard InChI is InChI=1S/C15H20N6/c16-5-1-3-7-18-9-11-20(13-18)15-21-12-10-19(14-21)8-4-2-6-17/h9-14H,1-4,7-8,15H2/q+2. The molecule has 0 amide bonds. The Balaban J connectivity index is 1.84. The zero-order valence-corrected chi connectivity index (χ0v) is 12.1. The maximum absolute atomic E-state index is 8.54. The molecule has 2 aromatic heterocycles. The van der Waals surface area contributed by atoms with E-state index in [2.05, 4.69) is 43.1 Å². The summed E-state index contributed by atoms with van der Waals surface area (Å²) < 4.78 is 8.40. The van der Waals surface area contributed by atoms with Crippen LogP contribution in [0.2, 0.25) is 0 Å². The maximum atomic E-state index is 8.54. The Morgan fingerprint density at radius 3 is 1.71 bits per heavy atom. The second-order valence-electron chi connectivity index (χ2n) is 5.00. The van der Waals surface area contributed by atoms with Crippen molar-refractivity contribution in [3.05, 3.63) is 37.4 Å². The number of hydrogen-bond donors (Lipinski definition) is 0. The van der Waals surface area contributed by atoms with E-state index in [-0.39, 0.29) is 0 Å². The van der Waals surface area contributed by atoms with Crippen LogP contribution in [0.15, 0.2) is 37.4 Å². The molecule has 2 heterocycles. The average Bonchev–Trinajstić information content (AvgIpc) is 3.10. The van der Waals surface area contributed by atoms with Crippen molar-refractivity contribution in [3.63, 3.8) is 0 Å². The van der Waals surface area contributed by atoms with Crippen molar-refractivity contribution in [2.24, 2.45) is 0 Å². The highest BCUT2D eigenvalue weighted by Gasteiger charge is 2.08. The average molecular weight is 284 g/mol. The Morgan fingerprint density at radius 1 is 0.810 bits per heavy atom. The molecule has 0 unspecified atom stereocenters. The van der Waals surface area contributed by atoms with Gasteiger partial charge in [0.2, 0.25) is 19.3 Å². The molecule has 0 atom stereocenters. The number of nitrogens with zero attached hydrogens (tertiary/aromatic N) is 6. The highest BCUT2D eigenvalue weighted by molar-refractivity contribution is 4.72. The lowest BCUT2D eigenvalue weighted by molar-refractivity contribution is -0.912. The molecule has 0 N–H and O–H groups in total. The van der Waals surface area contributed by atoms with Gasteiger partial charge >= 0.3 is 0 Å². The van der Waals surface area contributed by atoms with Crippen LogP contribution in [-0.4, -0.2) is 9.13 Å². The summed E-state index contributed by atoms with van der Waals surface area (Å²) in [5.41, 5.74) is 0. The molecule has 21 heavy (non-hydrogen) atoms. The first-order chi connectivity index (χ1) is 10.3. The molecule has 2 aromatic rings. The van der Waals surface area contributed by atoms with E-state index in [0.29, 0.717) is 12.8 Å². The van der Waals surface area contributed by atoms with Crippen molar-refractivity contribution in [2.75, 3.05) is 0 Å². The molecule has 6 nitrogen and oxygen atoms in total. The Bertz CT molecular complexity index is 583. The summed E-state index contributed by atoms with van der Waals surface area (Å²) in [7, 11) is 0. The molecule has 0 saturated heterocycles. The number of unbranched alkanes of at least 4 members (excludes halogenated alkanes) is 2. The van der Waals surface area contributed by atoms with Gasteiger partial charge in [-0.1, -0.05) is 0 Å². The van der Waals surface area contributed by atoms with Gasteiger partial charge in [0, 0.05) is 12.8 Å². The molecule has 6 heteroatoms. The second kappa shape index (κ2) is 7.86. The molecule has 0 spiro atoms. The third-order valence-corrected chi connectivity index (χ3v) is 3.23. The number of rotatable bonds is 8. The van der Waals surface area contributed by atoms with E-state index in [1.54, 1.807) is 0 Å². The molecule has 108 valence electrons. The predicted molar refractivity (Wildman–Crippen MR) is 74.3 cm³/mol. The number of imidazole rings is 2. The number of nitriles is 2. The fourth-order valence-electron chi connectivity index (χ4n) is 2.18. The fourth-order valence-corrected chi connectivity index (χ4v) is 2.18. The largest absolute Gasteiger partial charge is 0.246 e. The number of aromatic nitrogens is 4. The minimum atomic E-state index is 0.596. The molecule has 0 aromatic carbocycles. The number of hydrogen-bond acceptors (Lipinski definition) is 2. The molecule has 2 rings (SSSR count). The number of aryl methyl sites for hydroxylation is 2. The van der Waals surface area contributed by atoms with Crippen LogP contribution in [0.3, 0.4) is 0 Å². The Labute approximate surface area is 124 Å². The van der Waals surface area contributed by atoms with Gasteiger partial charge < -0.3 is 0 Å². The van der Waals surface area contributed by atoms with Crippen LogP contribution in [-0.2, 0) is 19.8 Å². The van der Waals surface area contributed by atoms with E-state index in [4.69, 9.17) is 10.5 Å². The van der Waals surface area contributed by atoms with Gasteiger partial charge in [-0.3, -0.25) is 0 Å². The molecular formula is C15H20N6+2. The van der Waals surface area contributed by atoms with Crippen LogP contribution in [0.1, 0.15) is 25.7 Å². The van der Waals surface area contributed by atoms with Crippen LogP contribution in [0.4, 0.5) is 0 Å². The molecule has 0 aliphatic rings. The summed E-state index contributed by atoms with van der Waals surface area (Å²) in [6, 6.07) is 4.32. The van der Waals surface area contributed by atoms with Crippen LogP contribution in [0.5, 0.6) is 0 Å². The molecule has 0 bridgehead atoms. The summed E-state index contributed by atoms with van der Waals surface area (Å²) in [6.45, 7) is 2.51. The fraction of sp³-hybridized carbons (Fsp3) is 0.467. The van der Waals surface area contributed by atoms with Crippen LogP contribution in [0, 0.1) is 22.7 Å². The van der Waals surface area contributed by atoms with E-state index in [9.17, 15) is 0 Å². The lowest BCUT2D eigenvalue weighted by atomic mass is 10.3. The zero-order valence-electron chi connectivity index (χ0n) is 12.1. The van der Waals surface area contributed by atoms with Crippen LogP contribution in [0.25, 0.3) is 0 Å². The van der Waals surface area contributed by atoms with E-state index >= 15 is 0 Å². The van der Waals surface area contributed by atoms with Crippen molar-refractivity contribution in [1.29, 1.82) is 10.5 Å². The van der Waals surface area contributed by atoms with Gasteiger partial charge in [-0.05, 0) is 12.8 Å². The molecular weight excluding hydrogens is 264 g/mol. The van der Waals surface area contributed by atoms with Crippen molar-refractivity contribution in [2.45, 2.75) is 45.4 Å². The third kappa shape index (κ3) is 4.77. The van der Waals surface area contributed by atoms with Crippen molar-refractivity contribution < 1.29 is 9.13 Å². The third-order valence-electron chi connectivity index (χ3n) is 3.23. The summed E-state index contributed by atoms with van der Waals surface area (Å²) in [5, 5.41) is 17.1. The van der Waals surface area contributed by atoms with Gasteiger partial charge in [-0.25, -0.2) is 9.13 Å². The summed E-state index contributed by atoms with van der Waals surface area (Å²) in [6.07, 6.45) is 15.2. The molecule has 0 fully saturated rings. The van der Waals surface area contributed by atoms with Gasteiger partial charge in [0.1, 0.15) is 24.8 Å². The van der Waals surface area contributed by atoms with Gasteiger partial charge in [-0.2, -0.15) is 19.7 Å². The van der Waals surface area contributed by atoms with Gasteiger partial charge in [0.15, 0.2) is 0 Å². The predicted octanol–water partition coefficient (Wildman–Crippen LogP) is 0.978. The topological polar surface area (TPSA) is 65.2 Å². The molecule has 0 radical (unpaired) electrons. The maximum Gasteiger partial charge on any atom is 0.246 e. The van der Waals surface area contributed by atoms with Crippen molar-refractivity contribution in [3.8, 4) is 12.1 Å². The SMILES string of the molecule is N#CCCCn1cc[n+](C[n+]2ccn(CCCC#N)c2)c1. The smallest absolute Gasteiger partial charge is 0.237 e. The highest BCUT2D eigenvalue weighted by atomic mass is 15.2. The molecule has 0 aliphatic heterocycles. The first-order valence-electron chi connectivity index (χ1n) is 7.15. The lowest BCUT2D eigenvalue weighted by Crippen LogP contribution is -2.49. The van der Waals surface area contributed by atoms with Gasteiger partial charge in [-0.15, -0.1) is 0 Å². The van der Waals surface area contributed by atoms with Crippen LogP contribution < -0.4 is 9.13 Å². The van der Waals surface area contributed by atoms with E-state index in [0.717, 1.165) is 32.6 Å². The zero-order chi connectivity index (χ0) is 14.9. The normalized spacial score (nSPS) is 10.2. The Morgan fingerprint density at radius 2 is 1.29 bits per heavy atom. The Kier molecular flexibility index (Phi) is 5.54. The van der Waals surface area contributed by atoms with E-state index in [1.807, 2.05) is 24.8 Å². The monoisotopic (exact) mass is 284 g/mol. The van der Waals surface area contributed by atoms with E-state index < -0.39 is 0 Å². The van der Waals surface area contributed by atoms with Gasteiger partial charge in [0.25, 0.3) is 0 Å². The first kappa shape index (κ1) is 14.8. The first-order valence-corrected chi connectivity index (χ1v) is 7.15. The quantitative estimate of drug-likeness (QED) is 0.536. The van der Waals surface area contributed by atoms with Crippen LogP contribution >= 0.6 is 0 Å². The summed E-state index contributed by atoms with van der Waals surface area (Å²) >= 11 is 0. The molecule has 0 saturated carbocycles. The lowest BCUT2D eigenvalue weighted by Gasteiger charge is -1.93. The molecule has 0 aliphatic carbocycles. The summed E-state index contributed by atoms with van der Waals surface area (Å²) in [4.78, 5) is 0. The highest BCUT2D eigenvalue weighted by Crippen LogP contribution is 1.94.